The van der Waals surface area contributed by atoms with Gasteiger partial charge in [0.15, 0.2) is 0 Å². The molecule has 2 nitrogen and oxygen atoms in total. The molecule has 0 aliphatic heterocycles. The Kier molecular flexibility index (Phi) is 3.97. The first-order valence-electron chi connectivity index (χ1n) is 5.78. The number of carbonyl (C=O) groups excluding carboxylic acids is 1. The largest absolute Gasteiger partial charge is 0.356 e. The summed E-state index contributed by atoms with van der Waals surface area (Å²) in [5.74, 6) is 0.849. The number of hydrogen-bond donors (Lipinski definition) is 1. The Morgan fingerprint density at radius 2 is 1.93 bits per heavy atom. The highest BCUT2D eigenvalue weighted by Gasteiger charge is 2.34. The molecule has 0 spiro atoms. The molecule has 0 atom stereocenters. The summed E-state index contributed by atoms with van der Waals surface area (Å²) in [5.41, 5.74) is 0.417. The monoisotopic (exact) mass is 197 g/mol. The molecule has 0 radical (unpaired) electrons. The van der Waals surface area contributed by atoms with Gasteiger partial charge in [0.1, 0.15) is 0 Å². The summed E-state index contributed by atoms with van der Waals surface area (Å²) >= 11 is 0. The molecule has 1 amide bonds. The van der Waals surface area contributed by atoms with Crippen molar-refractivity contribution in [3.8, 4) is 0 Å². The quantitative estimate of drug-likeness (QED) is 0.737. The Balaban J connectivity index is 2.48. The number of amides is 1. The minimum absolute atomic E-state index is 0.111. The third-order valence-corrected chi connectivity index (χ3v) is 3.22. The molecule has 1 N–H and O–H groups in total. The van der Waals surface area contributed by atoms with E-state index in [1.165, 1.54) is 32.1 Å². The molecular formula is C12H23NO. The van der Waals surface area contributed by atoms with Gasteiger partial charge in [-0.15, -0.1) is 0 Å². The van der Waals surface area contributed by atoms with E-state index >= 15 is 0 Å². The van der Waals surface area contributed by atoms with Crippen LogP contribution >= 0.6 is 0 Å². The molecule has 0 aromatic heterocycles. The predicted octanol–water partition coefficient (Wildman–Crippen LogP) is 2.73. The first kappa shape index (κ1) is 11.5. The fraction of sp³-hybridized carbons (Fsp3) is 0.917. The second kappa shape index (κ2) is 4.81. The van der Waals surface area contributed by atoms with Crippen molar-refractivity contribution in [2.24, 2.45) is 11.3 Å². The van der Waals surface area contributed by atoms with Crippen LogP contribution in [0.25, 0.3) is 0 Å². The average Bonchev–Trinajstić information content (AvgIpc) is 2.49. The fourth-order valence-electron chi connectivity index (χ4n) is 2.76. The first-order chi connectivity index (χ1) is 6.54. The van der Waals surface area contributed by atoms with Gasteiger partial charge in [-0.3, -0.25) is 4.79 Å². The SMILES string of the molecule is CC(=O)NCC1(CC(C)C)CCCC1. The van der Waals surface area contributed by atoms with E-state index in [1.54, 1.807) is 6.92 Å². The molecule has 1 saturated carbocycles. The summed E-state index contributed by atoms with van der Waals surface area (Å²) in [7, 11) is 0. The van der Waals surface area contributed by atoms with Gasteiger partial charge in [-0.2, -0.15) is 0 Å². The molecule has 82 valence electrons. The number of carbonyl (C=O) groups is 1. The van der Waals surface area contributed by atoms with Crippen molar-refractivity contribution in [2.45, 2.75) is 52.9 Å². The molecule has 0 aromatic rings. The number of rotatable bonds is 4. The lowest BCUT2D eigenvalue weighted by Gasteiger charge is -2.30. The molecule has 0 unspecified atom stereocenters. The minimum atomic E-state index is 0.111. The predicted molar refractivity (Wildman–Crippen MR) is 59.0 cm³/mol. The van der Waals surface area contributed by atoms with E-state index in [0.29, 0.717) is 5.41 Å². The highest BCUT2D eigenvalue weighted by Crippen LogP contribution is 2.42. The smallest absolute Gasteiger partial charge is 0.216 e. The molecule has 1 rings (SSSR count). The van der Waals surface area contributed by atoms with Crippen LogP contribution in [0, 0.1) is 11.3 Å². The summed E-state index contributed by atoms with van der Waals surface area (Å²) in [5, 5.41) is 2.99. The van der Waals surface area contributed by atoms with Crippen LogP contribution in [0.1, 0.15) is 52.9 Å². The summed E-state index contributed by atoms with van der Waals surface area (Å²) in [4.78, 5) is 10.9. The van der Waals surface area contributed by atoms with Crippen LogP contribution in [0.4, 0.5) is 0 Å². The summed E-state index contributed by atoms with van der Waals surface area (Å²) in [6.45, 7) is 7.04. The van der Waals surface area contributed by atoms with Crippen molar-refractivity contribution >= 4 is 5.91 Å². The second-order valence-corrected chi connectivity index (χ2v) is 5.21. The first-order valence-corrected chi connectivity index (χ1v) is 5.78. The summed E-state index contributed by atoms with van der Waals surface area (Å²) in [6, 6.07) is 0. The van der Waals surface area contributed by atoms with Crippen molar-refractivity contribution in [2.75, 3.05) is 6.54 Å². The molecule has 1 aliphatic carbocycles. The third kappa shape index (κ3) is 3.32. The maximum atomic E-state index is 10.9. The molecule has 14 heavy (non-hydrogen) atoms. The topological polar surface area (TPSA) is 29.1 Å². The molecule has 0 aromatic carbocycles. The van der Waals surface area contributed by atoms with Crippen LogP contribution in [0.15, 0.2) is 0 Å². The summed E-state index contributed by atoms with van der Waals surface area (Å²) in [6.07, 6.45) is 6.53. The van der Waals surface area contributed by atoms with E-state index < -0.39 is 0 Å². The lowest BCUT2D eigenvalue weighted by molar-refractivity contribution is -0.119. The van der Waals surface area contributed by atoms with Crippen LogP contribution < -0.4 is 5.32 Å². The molecule has 0 heterocycles. The zero-order valence-corrected chi connectivity index (χ0v) is 9.73. The Labute approximate surface area is 87.5 Å². The van der Waals surface area contributed by atoms with Gasteiger partial charge >= 0.3 is 0 Å². The van der Waals surface area contributed by atoms with Crippen LogP contribution in [-0.4, -0.2) is 12.5 Å². The van der Waals surface area contributed by atoms with Crippen LogP contribution in [0.5, 0.6) is 0 Å². The van der Waals surface area contributed by atoms with E-state index in [2.05, 4.69) is 19.2 Å². The van der Waals surface area contributed by atoms with Gasteiger partial charge in [0, 0.05) is 13.5 Å². The Bertz CT molecular complexity index is 192. The lowest BCUT2D eigenvalue weighted by atomic mass is 9.78. The van der Waals surface area contributed by atoms with Crippen molar-refractivity contribution in [3.63, 3.8) is 0 Å². The van der Waals surface area contributed by atoms with E-state index in [1.807, 2.05) is 0 Å². The van der Waals surface area contributed by atoms with E-state index in [0.717, 1.165) is 12.5 Å². The van der Waals surface area contributed by atoms with Gasteiger partial charge < -0.3 is 5.32 Å². The van der Waals surface area contributed by atoms with Gasteiger partial charge in [-0.05, 0) is 30.6 Å². The van der Waals surface area contributed by atoms with Gasteiger partial charge in [-0.1, -0.05) is 26.7 Å². The zero-order chi connectivity index (χ0) is 10.6. The van der Waals surface area contributed by atoms with Crippen molar-refractivity contribution in [1.82, 2.24) is 5.32 Å². The maximum Gasteiger partial charge on any atom is 0.216 e. The van der Waals surface area contributed by atoms with Crippen LogP contribution in [0.3, 0.4) is 0 Å². The zero-order valence-electron chi connectivity index (χ0n) is 9.73. The second-order valence-electron chi connectivity index (χ2n) is 5.21. The lowest BCUT2D eigenvalue weighted by Crippen LogP contribution is -2.35. The normalized spacial score (nSPS) is 20.0. The number of hydrogen-bond acceptors (Lipinski definition) is 1. The van der Waals surface area contributed by atoms with Gasteiger partial charge in [0.05, 0.1) is 0 Å². The van der Waals surface area contributed by atoms with E-state index in [4.69, 9.17) is 0 Å². The third-order valence-electron chi connectivity index (χ3n) is 3.22. The van der Waals surface area contributed by atoms with Crippen molar-refractivity contribution < 1.29 is 4.79 Å². The van der Waals surface area contributed by atoms with Crippen molar-refractivity contribution in [3.05, 3.63) is 0 Å². The molecule has 2 heteroatoms. The molecule has 0 saturated heterocycles. The van der Waals surface area contributed by atoms with E-state index in [-0.39, 0.29) is 5.91 Å². The van der Waals surface area contributed by atoms with Crippen molar-refractivity contribution in [1.29, 1.82) is 0 Å². The molecule has 1 aliphatic rings. The Morgan fingerprint density at radius 3 is 2.36 bits per heavy atom. The number of nitrogens with one attached hydrogen (secondary N) is 1. The molecule has 0 bridgehead atoms. The molecular weight excluding hydrogens is 174 g/mol. The van der Waals surface area contributed by atoms with E-state index in [9.17, 15) is 4.79 Å². The fourth-order valence-corrected chi connectivity index (χ4v) is 2.76. The van der Waals surface area contributed by atoms with Gasteiger partial charge in [-0.25, -0.2) is 0 Å². The minimum Gasteiger partial charge on any atom is -0.356 e. The average molecular weight is 197 g/mol. The maximum absolute atomic E-state index is 10.9. The highest BCUT2D eigenvalue weighted by atomic mass is 16.1. The molecule has 1 fully saturated rings. The van der Waals surface area contributed by atoms with Gasteiger partial charge in [0.2, 0.25) is 5.91 Å². The Morgan fingerprint density at radius 1 is 1.36 bits per heavy atom. The van der Waals surface area contributed by atoms with Crippen LogP contribution in [-0.2, 0) is 4.79 Å². The summed E-state index contributed by atoms with van der Waals surface area (Å²) < 4.78 is 0. The highest BCUT2D eigenvalue weighted by molar-refractivity contribution is 5.72. The standard InChI is InChI=1S/C12H23NO/c1-10(2)8-12(6-4-5-7-12)9-13-11(3)14/h10H,4-9H2,1-3H3,(H,13,14). The van der Waals surface area contributed by atoms with Gasteiger partial charge in [0.25, 0.3) is 0 Å². The van der Waals surface area contributed by atoms with Crippen LogP contribution in [0.2, 0.25) is 0 Å². The Hall–Kier alpha value is -0.530.